The van der Waals surface area contributed by atoms with Gasteiger partial charge in [0.1, 0.15) is 0 Å². The SMILES string of the molecule is C=C[C@H]1CC(C(=O)c2ccccc2)=C(c2ccccc2)N1c1ccccc1. The molecule has 0 saturated heterocycles. The third-order valence-electron chi connectivity index (χ3n) is 4.94. The molecule has 0 amide bonds. The molecular formula is C25H21NO. The van der Waals surface area contributed by atoms with Gasteiger partial charge in [-0.1, -0.05) is 84.9 Å². The molecule has 0 saturated carbocycles. The molecule has 0 aromatic heterocycles. The van der Waals surface area contributed by atoms with Crippen molar-refractivity contribution in [3.8, 4) is 0 Å². The Bertz CT molecular complexity index is 975. The lowest BCUT2D eigenvalue weighted by molar-refractivity contribution is 0.103. The Morgan fingerprint density at radius 1 is 0.852 bits per heavy atom. The van der Waals surface area contributed by atoms with Crippen molar-refractivity contribution in [2.45, 2.75) is 12.5 Å². The van der Waals surface area contributed by atoms with Crippen LogP contribution in [0.2, 0.25) is 0 Å². The number of hydrogen-bond acceptors (Lipinski definition) is 2. The molecule has 0 spiro atoms. The number of rotatable bonds is 5. The first-order valence-electron chi connectivity index (χ1n) is 9.14. The Labute approximate surface area is 160 Å². The lowest BCUT2D eigenvalue weighted by Gasteiger charge is -2.28. The molecular weight excluding hydrogens is 330 g/mol. The zero-order valence-electron chi connectivity index (χ0n) is 15.1. The molecule has 4 rings (SSSR count). The number of Topliss-reactive ketones (excluding diaryl/α,β-unsaturated/α-hetero) is 1. The Kier molecular flexibility index (Phi) is 4.71. The summed E-state index contributed by atoms with van der Waals surface area (Å²) in [5.41, 5.74) is 4.64. The maximum absolute atomic E-state index is 13.4. The van der Waals surface area contributed by atoms with Gasteiger partial charge in [0.25, 0.3) is 0 Å². The van der Waals surface area contributed by atoms with Crippen molar-refractivity contribution < 1.29 is 4.79 Å². The number of para-hydroxylation sites is 1. The molecule has 0 aliphatic carbocycles. The van der Waals surface area contributed by atoms with Crippen molar-refractivity contribution in [3.63, 3.8) is 0 Å². The molecule has 132 valence electrons. The molecule has 27 heavy (non-hydrogen) atoms. The second-order valence-corrected chi connectivity index (χ2v) is 6.60. The predicted octanol–water partition coefficient (Wildman–Crippen LogP) is 5.75. The van der Waals surface area contributed by atoms with E-state index in [1.807, 2.05) is 72.8 Å². The van der Waals surface area contributed by atoms with Gasteiger partial charge >= 0.3 is 0 Å². The zero-order chi connectivity index (χ0) is 18.6. The average molecular weight is 351 g/mol. The summed E-state index contributed by atoms with van der Waals surface area (Å²) in [6.45, 7) is 4.03. The molecule has 2 heteroatoms. The fraction of sp³-hybridized carbons (Fsp3) is 0.0800. The van der Waals surface area contributed by atoms with Crippen LogP contribution in [0.3, 0.4) is 0 Å². The van der Waals surface area contributed by atoms with Gasteiger partial charge in [0.05, 0.1) is 11.7 Å². The first kappa shape index (κ1) is 17.0. The third kappa shape index (κ3) is 3.22. The van der Waals surface area contributed by atoms with Crippen molar-refractivity contribution >= 4 is 17.2 Å². The second-order valence-electron chi connectivity index (χ2n) is 6.60. The van der Waals surface area contributed by atoms with Gasteiger partial charge < -0.3 is 4.90 Å². The van der Waals surface area contributed by atoms with Crippen LogP contribution in [0, 0.1) is 0 Å². The first-order chi connectivity index (χ1) is 13.3. The van der Waals surface area contributed by atoms with E-state index in [9.17, 15) is 4.79 Å². The maximum atomic E-state index is 13.4. The molecule has 1 aliphatic heterocycles. The highest BCUT2D eigenvalue weighted by Crippen LogP contribution is 2.41. The molecule has 0 radical (unpaired) electrons. The van der Waals surface area contributed by atoms with Gasteiger partial charge in [0.15, 0.2) is 5.78 Å². The van der Waals surface area contributed by atoms with Crippen LogP contribution in [-0.2, 0) is 0 Å². The highest BCUT2D eigenvalue weighted by Gasteiger charge is 2.35. The monoisotopic (exact) mass is 351 g/mol. The maximum Gasteiger partial charge on any atom is 0.191 e. The fourth-order valence-electron chi connectivity index (χ4n) is 3.68. The van der Waals surface area contributed by atoms with Crippen molar-refractivity contribution in [3.05, 3.63) is 120 Å². The predicted molar refractivity (Wildman–Crippen MR) is 112 cm³/mol. The van der Waals surface area contributed by atoms with Gasteiger partial charge in [-0.05, 0) is 17.7 Å². The van der Waals surface area contributed by atoms with Gasteiger partial charge in [0, 0.05) is 23.2 Å². The van der Waals surface area contributed by atoms with Gasteiger partial charge in [0.2, 0.25) is 0 Å². The van der Waals surface area contributed by atoms with Crippen LogP contribution in [0.5, 0.6) is 0 Å². The van der Waals surface area contributed by atoms with Gasteiger partial charge in [-0.25, -0.2) is 0 Å². The number of hydrogen-bond donors (Lipinski definition) is 0. The summed E-state index contributed by atoms with van der Waals surface area (Å²) in [6, 6.07) is 29.9. The highest BCUT2D eigenvalue weighted by atomic mass is 16.1. The standard InChI is InChI=1S/C25H21NO/c1-2-21-18-23(25(27)20-14-8-4-9-15-20)24(19-12-6-3-7-13-19)26(21)22-16-10-5-11-17-22/h2-17,21H,1,18H2/t21-/m0/s1. The quantitative estimate of drug-likeness (QED) is 0.431. The van der Waals surface area contributed by atoms with E-state index in [-0.39, 0.29) is 11.8 Å². The number of nitrogens with zero attached hydrogens (tertiary/aromatic N) is 1. The molecule has 0 unspecified atom stereocenters. The van der Waals surface area contributed by atoms with Crippen LogP contribution < -0.4 is 4.90 Å². The number of anilines is 1. The summed E-state index contributed by atoms with van der Waals surface area (Å²) in [6.07, 6.45) is 2.58. The van der Waals surface area contributed by atoms with Crippen LogP contribution >= 0.6 is 0 Å². The van der Waals surface area contributed by atoms with Crippen LogP contribution in [-0.4, -0.2) is 11.8 Å². The van der Waals surface area contributed by atoms with Gasteiger partial charge in [-0.2, -0.15) is 0 Å². The summed E-state index contributed by atoms with van der Waals surface area (Å²) in [7, 11) is 0. The summed E-state index contributed by atoms with van der Waals surface area (Å²) in [5.74, 6) is 0.0831. The third-order valence-corrected chi connectivity index (χ3v) is 4.94. The van der Waals surface area contributed by atoms with Crippen LogP contribution in [0.1, 0.15) is 22.3 Å². The van der Waals surface area contributed by atoms with Crippen molar-refractivity contribution in [1.82, 2.24) is 0 Å². The molecule has 0 fully saturated rings. The molecule has 2 nitrogen and oxygen atoms in total. The molecule has 1 atom stereocenters. The lowest BCUT2D eigenvalue weighted by atomic mass is 9.97. The topological polar surface area (TPSA) is 20.3 Å². The second kappa shape index (κ2) is 7.46. The zero-order valence-corrected chi connectivity index (χ0v) is 15.1. The number of carbonyl (C=O) groups is 1. The minimum absolute atomic E-state index is 0.0465. The molecule has 1 heterocycles. The molecule has 0 bridgehead atoms. The van der Waals surface area contributed by atoms with E-state index in [0.717, 1.165) is 28.1 Å². The van der Waals surface area contributed by atoms with E-state index in [4.69, 9.17) is 0 Å². The van der Waals surface area contributed by atoms with Crippen LogP contribution in [0.15, 0.2) is 109 Å². The summed E-state index contributed by atoms with van der Waals surface area (Å²) >= 11 is 0. The van der Waals surface area contributed by atoms with E-state index in [1.165, 1.54) is 0 Å². The Balaban J connectivity index is 1.91. The number of benzene rings is 3. The fourth-order valence-corrected chi connectivity index (χ4v) is 3.68. The van der Waals surface area contributed by atoms with E-state index in [2.05, 4.69) is 35.7 Å². The van der Waals surface area contributed by atoms with E-state index < -0.39 is 0 Å². The summed E-state index contributed by atoms with van der Waals surface area (Å²) < 4.78 is 0. The smallest absolute Gasteiger partial charge is 0.191 e. The summed E-state index contributed by atoms with van der Waals surface area (Å²) in [4.78, 5) is 15.6. The van der Waals surface area contributed by atoms with Crippen LogP contribution in [0.25, 0.3) is 5.70 Å². The minimum atomic E-state index is 0.0465. The van der Waals surface area contributed by atoms with E-state index >= 15 is 0 Å². The molecule has 3 aromatic carbocycles. The minimum Gasteiger partial charge on any atom is -0.333 e. The van der Waals surface area contributed by atoms with Crippen LogP contribution in [0.4, 0.5) is 5.69 Å². The lowest BCUT2D eigenvalue weighted by Crippen LogP contribution is -2.27. The average Bonchev–Trinajstić information content (AvgIpc) is 3.15. The molecule has 0 N–H and O–H groups in total. The Hall–Kier alpha value is -3.39. The van der Waals surface area contributed by atoms with Gasteiger partial charge in [-0.3, -0.25) is 4.79 Å². The normalized spacial score (nSPS) is 16.4. The Morgan fingerprint density at radius 2 is 1.41 bits per heavy atom. The number of ketones is 1. The largest absolute Gasteiger partial charge is 0.333 e. The molecule has 1 aliphatic rings. The first-order valence-corrected chi connectivity index (χ1v) is 9.14. The number of carbonyl (C=O) groups excluding carboxylic acids is 1. The van der Waals surface area contributed by atoms with Crippen molar-refractivity contribution in [2.24, 2.45) is 0 Å². The van der Waals surface area contributed by atoms with Crippen molar-refractivity contribution in [2.75, 3.05) is 4.90 Å². The Morgan fingerprint density at radius 3 is 2.00 bits per heavy atom. The van der Waals surface area contributed by atoms with E-state index in [0.29, 0.717) is 6.42 Å². The van der Waals surface area contributed by atoms with E-state index in [1.54, 1.807) is 0 Å². The summed E-state index contributed by atoms with van der Waals surface area (Å²) in [5, 5.41) is 0. The van der Waals surface area contributed by atoms with Gasteiger partial charge in [-0.15, -0.1) is 6.58 Å². The highest BCUT2D eigenvalue weighted by molar-refractivity contribution is 6.15. The molecule has 3 aromatic rings. The van der Waals surface area contributed by atoms with Crippen molar-refractivity contribution in [1.29, 1.82) is 0 Å².